The van der Waals surface area contributed by atoms with E-state index in [2.05, 4.69) is 36.6 Å². The van der Waals surface area contributed by atoms with Crippen molar-refractivity contribution in [2.45, 2.75) is 32.9 Å². The monoisotopic (exact) mass is 266 g/mol. The standard InChI is InChI=1S/C14H19ClN2O/c1-10-5-4-6-12-14(10)16-13(7-8-15)17(12)9-11(2)18-3/h4-6,11H,7-9H2,1-3H3. The lowest BCUT2D eigenvalue weighted by Crippen LogP contribution is -2.17. The normalized spacial score (nSPS) is 13.1. The van der Waals surface area contributed by atoms with Gasteiger partial charge in [-0.2, -0.15) is 0 Å². The highest BCUT2D eigenvalue weighted by Gasteiger charge is 2.13. The van der Waals surface area contributed by atoms with Crippen LogP contribution < -0.4 is 0 Å². The molecule has 2 aromatic rings. The van der Waals surface area contributed by atoms with Gasteiger partial charge in [0.15, 0.2) is 0 Å². The fourth-order valence-corrected chi connectivity index (χ4v) is 2.31. The van der Waals surface area contributed by atoms with E-state index in [-0.39, 0.29) is 6.10 Å². The Bertz CT molecular complexity index is 536. The molecule has 1 aromatic heterocycles. The van der Waals surface area contributed by atoms with Crippen LogP contribution in [0.5, 0.6) is 0 Å². The van der Waals surface area contributed by atoms with Gasteiger partial charge in [0.05, 0.1) is 23.7 Å². The zero-order valence-electron chi connectivity index (χ0n) is 11.1. The first-order valence-corrected chi connectivity index (χ1v) is 6.74. The molecule has 1 aromatic carbocycles. The zero-order valence-corrected chi connectivity index (χ0v) is 11.9. The van der Waals surface area contributed by atoms with Crippen LogP contribution in [0, 0.1) is 6.92 Å². The highest BCUT2D eigenvalue weighted by Crippen LogP contribution is 2.21. The van der Waals surface area contributed by atoms with Crippen LogP contribution >= 0.6 is 11.6 Å². The highest BCUT2D eigenvalue weighted by molar-refractivity contribution is 6.17. The summed E-state index contributed by atoms with van der Waals surface area (Å²) in [5, 5.41) is 0. The van der Waals surface area contributed by atoms with Crippen LogP contribution in [0.3, 0.4) is 0 Å². The van der Waals surface area contributed by atoms with Crippen molar-refractivity contribution in [3.63, 3.8) is 0 Å². The Kier molecular flexibility index (Phi) is 4.25. The molecular weight excluding hydrogens is 248 g/mol. The molecule has 1 atom stereocenters. The third-order valence-corrected chi connectivity index (χ3v) is 3.41. The van der Waals surface area contributed by atoms with Gasteiger partial charge >= 0.3 is 0 Å². The van der Waals surface area contributed by atoms with E-state index in [1.807, 2.05) is 0 Å². The van der Waals surface area contributed by atoms with Crippen LogP contribution in [0.15, 0.2) is 18.2 Å². The predicted molar refractivity (Wildman–Crippen MR) is 75.4 cm³/mol. The first kappa shape index (κ1) is 13.4. The van der Waals surface area contributed by atoms with Gasteiger partial charge in [0.2, 0.25) is 0 Å². The molecule has 0 aliphatic rings. The number of aromatic nitrogens is 2. The first-order chi connectivity index (χ1) is 8.67. The first-order valence-electron chi connectivity index (χ1n) is 6.21. The second-order valence-corrected chi connectivity index (χ2v) is 4.94. The van der Waals surface area contributed by atoms with Crippen molar-refractivity contribution in [3.05, 3.63) is 29.6 Å². The molecule has 0 saturated carbocycles. The average molecular weight is 267 g/mol. The molecule has 2 rings (SSSR count). The van der Waals surface area contributed by atoms with E-state index in [0.717, 1.165) is 24.3 Å². The predicted octanol–water partition coefficient (Wildman–Crippen LogP) is 3.16. The topological polar surface area (TPSA) is 27.1 Å². The van der Waals surface area contributed by atoms with Crippen LogP contribution in [-0.4, -0.2) is 28.6 Å². The summed E-state index contributed by atoms with van der Waals surface area (Å²) in [6, 6.07) is 6.26. The maximum atomic E-state index is 5.86. The van der Waals surface area contributed by atoms with E-state index in [4.69, 9.17) is 21.3 Å². The number of halogens is 1. The molecule has 18 heavy (non-hydrogen) atoms. The van der Waals surface area contributed by atoms with E-state index < -0.39 is 0 Å². The van der Waals surface area contributed by atoms with E-state index in [9.17, 15) is 0 Å². The number of aryl methyl sites for hydroxylation is 2. The number of para-hydroxylation sites is 1. The van der Waals surface area contributed by atoms with Crippen molar-refractivity contribution in [1.82, 2.24) is 9.55 Å². The number of rotatable bonds is 5. The van der Waals surface area contributed by atoms with Gasteiger partial charge < -0.3 is 9.30 Å². The van der Waals surface area contributed by atoms with Crippen LogP contribution in [-0.2, 0) is 17.7 Å². The molecule has 0 bridgehead atoms. The van der Waals surface area contributed by atoms with Gasteiger partial charge in [0.25, 0.3) is 0 Å². The third kappa shape index (κ3) is 2.52. The van der Waals surface area contributed by atoms with E-state index in [0.29, 0.717) is 5.88 Å². The van der Waals surface area contributed by atoms with Crippen molar-refractivity contribution in [1.29, 1.82) is 0 Å². The van der Waals surface area contributed by atoms with Crippen molar-refractivity contribution in [2.75, 3.05) is 13.0 Å². The Morgan fingerprint density at radius 1 is 1.44 bits per heavy atom. The summed E-state index contributed by atoms with van der Waals surface area (Å²) in [5.74, 6) is 1.63. The summed E-state index contributed by atoms with van der Waals surface area (Å²) >= 11 is 5.86. The minimum absolute atomic E-state index is 0.164. The van der Waals surface area contributed by atoms with E-state index in [1.165, 1.54) is 11.1 Å². The number of benzene rings is 1. The molecule has 1 heterocycles. The number of methoxy groups -OCH3 is 1. The zero-order chi connectivity index (χ0) is 13.1. The molecular formula is C14H19ClN2O. The molecule has 0 radical (unpaired) electrons. The lowest BCUT2D eigenvalue weighted by atomic mass is 10.2. The van der Waals surface area contributed by atoms with Crippen LogP contribution in [0.2, 0.25) is 0 Å². The average Bonchev–Trinajstić information content (AvgIpc) is 2.70. The number of ether oxygens (including phenoxy) is 1. The largest absolute Gasteiger partial charge is 0.380 e. The summed E-state index contributed by atoms with van der Waals surface area (Å²) in [7, 11) is 1.73. The van der Waals surface area contributed by atoms with Crippen LogP contribution in [0.4, 0.5) is 0 Å². The van der Waals surface area contributed by atoms with Crippen molar-refractivity contribution in [2.24, 2.45) is 0 Å². The molecule has 0 saturated heterocycles. The summed E-state index contributed by atoms with van der Waals surface area (Å²) in [5.41, 5.74) is 3.44. The Hall–Kier alpha value is -1.06. The smallest absolute Gasteiger partial charge is 0.111 e. The maximum Gasteiger partial charge on any atom is 0.111 e. The summed E-state index contributed by atoms with van der Waals surface area (Å²) < 4.78 is 7.58. The number of imidazole rings is 1. The van der Waals surface area contributed by atoms with Gasteiger partial charge in [-0.1, -0.05) is 12.1 Å². The minimum atomic E-state index is 0.164. The Morgan fingerprint density at radius 3 is 2.89 bits per heavy atom. The van der Waals surface area contributed by atoms with Crippen molar-refractivity contribution >= 4 is 22.6 Å². The lowest BCUT2D eigenvalue weighted by Gasteiger charge is -2.13. The maximum absolute atomic E-state index is 5.86. The number of nitrogens with zero attached hydrogens (tertiary/aromatic N) is 2. The second kappa shape index (κ2) is 5.72. The number of fused-ring (bicyclic) bond motifs is 1. The van der Waals surface area contributed by atoms with Crippen LogP contribution in [0.25, 0.3) is 11.0 Å². The molecule has 1 unspecified atom stereocenters. The highest BCUT2D eigenvalue weighted by atomic mass is 35.5. The minimum Gasteiger partial charge on any atom is -0.380 e. The van der Waals surface area contributed by atoms with Crippen LogP contribution in [0.1, 0.15) is 18.3 Å². The molecule has 0 aliphatic carbocycles. The Labute approximate surface area is 113 Å². The summed E-state index contributed by atoms with van der Waals surface area (Å²) in [6.45, 7) is 4.96. The molecule has 0 amide bonds. The molecule has 4 heteroatoms. The fraction of sp³-hybridized carbons (Fsp3) is 0.500. The number of alkyl halides is 1. The fourth-order valence-electron chi connectivity index (χ4n) is 2.15. The second-order valence-electron chi connectivity index (χ2n) is 4.57. The Morgan fingerprint density at radius 2 is 2.22 bits per heavy atom. The Balaban J connectivity index is 2.52. The van der Waals surface area contributed by atoms with Gasteiger partial charge in [0.1, 0.15) is 5.82 Å². The SMILES string of the molecule is COC(C)Cn1c(CCCl)nc2c(C)cccc21. The molecule has 98 valence electrons. The van der Waals surface area contributed by atoms with E-state index in [1.54, 1.807) is 7.11 Å². The number of hydrogen-bond donors (Lipinski definition) is 0. The van der Waals surface area contributed by atoms with Crippen molar-refractivity contribution < 1.29 is 4.74 Å². The number of hydrogen-bond acceptors (Lipinski definition) is 2. The molecule has 0 spiro atoms. The molecule has 3 nitrogen and oxygen atoms in total. The summed E-state index contributed by atoms with van der Waals surface area (Å²) in [6.07, 6.45) is 0.948. The van der Waals surface area contributed by atoms with Gasteiger partial charge in [-0.15, -0.1) is 11.6 Å². The van der Waals surface area contributed by atoms with Gasteiger partial charge in [0, 0.05) is 19.4 Å². The van der Waals surface area contributed by atoms with Gasteiger partial charge in [-0.05, 0) is 25.5 Å². The third-order valence-electron chi connectivity index (χ3n) is 3.22. The van der Waals surface area contributed by atoms with E-state index >= 15 is 0 Å². The van der Waals surface area contributed by atoms with Gasteiger partial charge in [-0.25, -0.2) is 4.98 Å². The van der Waals surface area contributed by atoms with Crippen molar-refractivity contribution in [3.8, 4) is 0 Å². The molecule has 0 aliphatic heterocycles. The molecule has 0 N–H and O–H groups in total. The molecule has 0 fully saturated rings. The quantitative estimate of drug-likeness (QED) is 0.778. The van der Waals surface area contributed by atoms with Gasteiger partial charge in [-0.3, -0.25) is 0 Å². The summed E-state index contributed by atoms with van der Waals surface area (Å²) in [4.78, 5) is 4.71. The lowest BCUT2D eigenvalue weighted by molar-refractivity contribution is 0.103.